The highest BCUT2D eigenvalue weighted by Gasteiger charge is 2.38. The summed E-state index contributed by atoms with van der Waals surface area (Å²) >= 11 is 1.41. The largest absolute Gasteiger partial charge is 0.494 e. The fourth-order valence-corrected chi connectivity index (χ4v) is 5.25. The molecule has 5 rings (SSSR count). The molecule has 0 saturated heterocycles. The van der Waals surface area contributed by atoms with Gasteiger partial charge >= 0.3 is 0 Å². The highest BCUT2D eigenvalue weighted by atomic mass is 32.2. The van der Waals surface area contributed by atoms with Gasteiger partial charge in [0.1, 0.15) is 11.0 Å². The van der Waals surface area contributed by atoms with E-state index in [-0.39, 0.29) is 11.9 Å². The molecule has 1 aliphatic heterocycles. The van der Waals surface area contributed by atoms with Crippen molar-refractivity contribution in [1.82, 2.24) is 14.9 Å². The molecule has 0 fully saturated rings. The molecule has 1 aromatic heterocycles. The Kier molecular flexibility index (Phi) is 6.46. The van der Waals surface area contributed by atoms with Crippen molar-refractivity contribution in [3.63, 3.8) is 0 Å². The van der Waals surface area contributed by atoms with Gasteiger partial charge < -0.3 is 15.5 Å². The van der Waals surface area contributed by atoms with Gasteiger partial charge in [0.2, 0.25) is 11.1 Å². The minimum Gasteiger partial charge on any atom is -0.494 e. The number of fused-ring (bicyclic) bond motifs is 1. The lowest BCUT2D eigenvalue weighted by molar-refractivity contribution is -0.116. The number of nitrogens with one attached hydrogen (secondary N) is 2. The number of amides is 1. The van der Waals surface area contributed by atoms with Gasteiger partial charge in [-0.05, 0) is 50.1 Å². The average molecular weight is 486 g/mol. The third kappa shape index (κ3) is 4.74. The van der Waals surface area contributed by atoms with Crippen LogP contribution in [0.15, 0.2) is 78.0 Å². The van der Waals surface area contributed by atoms with Gasteiger partial charge in [-0.15, -0.1) is 10.2 Å². The van der Waals surface area contributed by atoms with Gasteiger partial charge in [-0.25, -0.2) is 4.68 Å². The van der Waals surface area contributed by atoms with Crippen molar-refractivity contribution in [3.05, 3.63) is 89.5 Å². The number of nitrogens with zero attached hydrogens (tertiary/aromatic N) is 3. The van der Waals surface area contributed by atoms with Crippen LogP contribution in [-0.2, 0) is 4.79 Å². The lowest BCUT2D eigenvalue weighted by atomic mass is 10.0. The summed E-state index contributed by atoms with van der Waals surface area (Å²) in [7, 11) is 0. The Morgan fingerprint density at radius 2 is 1.83 bits per heavy atom. The van der Waals surface area contributed by atoms with E-state index in [0.717, 1.165) is 33.7 Å². The van der Waals surface area contributed by atoms with Crippen molar-refractivity contribution >= 4 is 23.4 Å². The number of aromatic nitrogens is 3. The number of hydrogen-bond acceptors (Lipinski definition) is 6. The van der Waals surface area contributed by atoms with Gasteiger partial charge in [-0.2, -0.15) is 0 Å². The first-order valence-electron chi connectivity index (χ1n) is 11.6. The topological polar surface area (TPSA) is 81.1 Å². The Bertz CT molecular complexity index is 1340. The van der Waals surface area contributed by atoms with Gasteiger partial charge in [0.15, 0.2) is 5.82 Å². The lowest BCUT2D eigenvalue weighted by Gasteiger charge is -2.33. The molecule has 0 radical (unpaired) electrons. The van der Waals surface area contributed by atoms with Crippen LogP contribution in [0, 0.1) is 13.8 Å². The molecule has 0 spiro atoms. The van der Waals surface area contributed by atoms with Crippen molar-refractivity contribution in [2.75, 3.05) is 17.3 Å². The van der Waals surface area contributed by atoms with E-state index >= 15 is 0 Å². The third-order valence-corrected chi connectivity index (χ3v) is 7.13. The Morgan fingerprint density at radius 3 is 2.54 bits per heavy atom. The molecule has 35 heavy (non-hydrogen) atoms. The monoisotopic (exact) mass is 485 g/mol. The summed E-state index contributed by atoms with van der Waals surface area (Å²) in [5.41, 5.74) is 8.43. The van der Waals surface area contributed by atoms with Gasteiger partial charge in [0.25, 0.3) is 0 Å². The second-order valence-corrected chi connectivity index (χ2v) is 9.57. The standard InChI is InChI=1S/C27H27N5O2S/c1-4-34-21-13-11-19(12-14-21)23-24(26(33)28-22-15-10-17(2)16-18(22)3)35-27-30-29-25(32(27)31-23)20-8-6-5-7-9-20/h5-16,23-24,31H,4H2,1-3H3,(H,28,33)/t23-,24+/m1/s1. The number of carbonyl (C=O) groups excluding carboxylic acids is 1. The molecule has 7 nitrogen and oxygen atoms in total. The Morgan fingerprint density at radius 1 is 1.06 bits per heavy atom. The summed E-state index contributed by atoms with van der Waals surface area (Å²) in [6, 6.07) is 23.5. The summed E-state index contributed by atoms with van der Waals surface area (Å²) in [5, 5.41) is 12.1. The molecule has 0 unspecified atom stereocenters. The summed E-state index contributed by atoms with van der Waals surface area (Å²) in [6.07, 6.45) is 0. The minimum absolute atomic E-state index is 0.0937. The number of ether oxygens (including phenoxy) is 1. The van der Waals surface area contributed by atoms with Crippen LogP contribution < -0.4 is 15.5 Å². The zero-order valence-electron chi connectivity index (χ0n) is 19.9. The number of aryl methyl sites for hydroxylation is 2. The molecule has 1 amide bonds. The first kappa shape index (κ1) is 23.0. The zero-order valence-corrected chi connectivity index (χ0v) is 20.7. The lowest BCUT2D eigenvalue weighted by Crippen LogP contribution is -2.41. The summed E-state index contributed by atoms with van der Waals surface area (Å²) in [5.74, 6) is 1.41. The van der Waals surface area contributed by atoms with Gasteiger partial charge in [-0.3, -0.25) is 4.79 Å². The predicted molar refractivity (Wildman–Crippen MR) is 139 cm³/mol. The molecule has 2 N–H and O–H groups in total. The molecular weight excluding hydrogens is 458 g/mol. The highest BCUT2D eigenvalue weighted by molar-refractivity contribution is 8.00. The quantitative estimate of drug-likeness (QED) is 0.383. The molecule has 0 saturated carbocycles. The van der Waals surface area contributed by atoms with Crippen molar-refractivity contribution in [2.45, 2.75) is 37.2 Å². The van der Waals surface area contributed by atoms with Gasteiger partial charge in [-0.1, -0.05) is 71.9 Å². The molecule has 178 valence electrons. The average Bonchev–Trinajstić information content (AvgIpc) is 3.29. The van der Waals surface area contributed by atoms with Crippen LogP contribution in [0.2, 0.25) is 0 Å². The van der Waals surface area contributed by atoms with Crippen LogP contribution in [0.25, 0.3) is 11.4 Å². The summed E-state index contributed by atoms with van der Waals surface area (Å²) in [4.78, 5) is 13.6. The molecule has 3 aromatic carbocycles. The number of hydrogen-bond donors (Lipinski definition) is 2. The fourth-order valence-electron chi connectivity index (χ4n) is 4.18. The second-order valence-electron chi connectivity index (χ2n) is 8.46. The number of benzene rings is 3. The first-order chi connectivity index (χ1) is 17.0. The Labute approximate surface area is 208 Å². The predicted octanol–water partition coefficient (Wildman–Crippen LogP) is 5.36. The van der Waals surface area contributed by atoms with E-state index in [1.165, 1.54) is 11.8 Å². The maximum absolute atomic E-state index is 13.6. The Balaban J connectivity index is 1.50. The second kappa shape index (κ2) is 9.84. The van der Waals surface area contributed by atoms with E-state index in [2.05, 4.69) is 27.0 Å². The smallest absolute Gasteiger partial charge is 0.240 e. The van der Waals surface area contributed by atoms with Crippen LogP contribution in [0.1, 0.15) is 29.7 Å². The number of rotatable bonds is 6. The highest BCUT2D eigenvalue weighted by Crippen LogP contribution is 2.39. The van der Waals surface area contributed by atoms with Gasteiger partial charge in [0.05, 0.1) is 12.6 Å². The van der Waals surface area contributed by atoms with Crippen LogP contribution >= 0.6 is 11.8 Å². The van der Waals surface area contributed by atoms with Crippen LogP contribution in [0.3, 0.4) is 0 Å². The maximum atomic E-state index is 13.6. The van der Waals surface area contributed by atoms with Crippen LogP contribution in [0.5, 0.6) is 5.75 Å². The van der Waals surface area contributed by atoms with Crippen molar-refractivity contribution in [1.29, 1.82) is 0 Å². The zero-order chi connectivity index (χ0) is 24.4. The molecule has 1 aliphatic rings. The van der Waals surface area contributed by atoms with Crippen LogP contribution in [0.4, 0.5) is 5.69 Å². The Hall–Kier alpha value is -3.78. The van der Waals surface area contributed by atoms with Crippen molar-refractivity contribution in [2.24, 2.45) is 0 Å². The van der Waals surface area contributed by atoms with E-state index in [1.807, 2.05) is 92.2 Å². The van der Waals surface area contributed by atoms with Crippen molar-refractivity contribution < 1.29 is 9.53 Å². The summed E-state index contributed by atoms with van der Waals surface area (Å²) < 4.78 is 7.49. The molecule has 2 atom stereocenters. The number of carbonyl (C=O) groups is 1. The molecule has 8 heteroatoms. The SMILES string of the molecule is CCOc1ccc([C@H]2Nn3c(nnc3-c3ccccc3)S[C@@H]2C(=O)Nc2ccc(C)cc2C)cc1. The number of anilines is 1. The minimum atomic E-state index is -0.464. The maximum Gasteiger partial charge on any atom is 0.240 e. The van der Waals surface area contributed by atoms with E-state index in [4.69, 9.17) is 4.74 Å². The molecular formula is C27H27N5O2S. The molecule has 0 aliphatic carbocycles. The van der Waals surface area contributed by atoms with E-state index in [9.17, 15) is 4.79 Å². The fraction of sp³-hybridized carbons (Fsp3) is 0.222. The molecule has 0 bridgehead atoms. The van der Waals surface area contributed by atoms with E-state index in [0.29, 0.717) is 17.6 Å². The molecule has 2 heterocycles. The molecule has 4 aromatic rings. The van der Waals surface area contributed by atoms with Crippen LogP contribution in [-0.4, -0.2) is 32.6 Å². The van der Waals surface area contributed by atoms with E-state index in [1.54, 1.807) is 0 Å². The van der Waals surface area contributed by atoms with Crippen molar-refractivity contribution in [3.8, 4) is 17.1 Å². The number of thioether (sulfide) groups is 1. The van der Waals surface area contributed by atoms with E-state index < -0.39 is 5.25 Å². The normalized spacial score (nSPS) is 16.8. The van der Waals surface area contributed by atoms with Gasteiger partial charge in [0, 0.05) is 11.3 Å². The summed E-state index contributed by atoms with van der Waals surface area (Å²) in [6.45, 7) is 6.60. The first-order valence-corrected chi connectivity index (χ1v) is 12.5. The third-order valence-electron chi connectivity index (χ3n) is 5.92.